The smallest absolute Gasteiger partial charge is 0.324 e. The summed E-state index contributed by atoms with van der Waals surface area (Å²) >= 11 is 0. The third kappa shape index (κ3) is 3.91. The molecule has 5 nitrogen and oxygen atoms in total. The topological polar surface area (TPSA) is 87.7 Å². The molecule has 0 aliphatic rings. The summed E-state index contributed by atoms with van der Waals surface area (Å²) in [5.74, 6) is -7.02. The number of rotatable bonds is 5. The second-order valence-electron chi connectivity index (χ2n) is 3.03. The Bertz CT molecular complexity index is 283. The summed E-state index contributed by atoms with van der Waals surface area (Å²) in [6.45, 7) is -0.336. The van der Waals surface area contributed by atoms with E-state index in [0.717, 1.165) is 0 Å². The van der Waals surface area contributed by atoms with Crippen molar-refractivity contribution in [3.63, 3.8) is 0 Å². The van der Waals surface area contributed by atoms with Gasteiger partial charge in [-0.3, -0.25) is 4.79 Å². The normalized spacial score (nSPS) is 15.0. The van der Waals surface area contributed by atoms with Crippen LogP contribution >= 0.6 is 0 Å². The van der Waals surface area contributed by atoms with E-state index in [4.69, 9.17) is 10.9 Å². The molecule has 1 atom stereocenters. The van der Waals surface area contributed by atoms with E-state index < -0.39 is 36.6 Å². The molecule has 0 aromatic carbocycles. The Balaban J connectivity index is 4.28. The number of carbonyl (C=O) groups is 1. The maximum Gasteiger partial charge on any atom is 0.324 e. The first-order valence-electron chi connectivity index (χ1n) is 4.13. The Labute approximate surface area is 88.3 Å². The number of nitrogens with two attached hydrogens (primary N) is 1. The fourth-order valence-corrected chi connectivity index (χ4v) is 0.656. The van der Waals surface area contributed by atoms with E-state index in [1.807, 2.05) is 0 Å². The molecule has 9 heteroatoms. The first-order valence-corrected chi connectivity index (χ1v) is 4.13. The minimum Gasteiger partial charge on any atom is -0.409 e. The number of halogens is 4. The van der Waals surface area contributed by atoms with Gasteiger partial charge in [0.05, 0.1) is 12.5 Å². The minimum absolute atomic E-state index is 0.502. The Morgan fingerprint density at radius 1 is 1.56 bits per heavy atom. The highest BCUT2D eigenvalue weighted by Crippen LogP contribution is 2.21. The van der Waals surface area contributed by atoms with E-state index in [2.05, 4.69) is 5.16 Å². The lowest BCUT2D eigenvalue weighted by atomic mass is 10.1. The van der Waals surface area contributed by atoms with Crippen LogP contribution in [0.2, 0.25) is 0 Å². The number of hydrogen-bond acceptors (Lipinski definition) is 3. The van der Waals surface area contributed by atoms with Gasteiger partial charge < -0.3 is 16.3 Å². The van der Waals surface area contributed by atoms with Gasteiger partial charge >= 0.3 is 12.3 Å². The van der Waals surface area contributed by atoms with Crippen molar-refractivity contribution >= 4 is 11.7 Å². The average Bonchev–Trinajstić information content (AvgIpc) is 2.23. The van der Waals surface area contributed by atoms with Crippen LogP contribution in [0.25, 0.3) is 0 Å². The lowest BCUT2D eigenvalue weighted by Crippen LogP contribution is -2.45. The van der Waals surface area contributed by atoms with Crippen molar-refractivity contribution in [2.45, 2.75) is 19.3 Å². The van der Waals surface area contributed by atoms with Crippen LogP contribution in [-0.2, 0) is 4.79 Å². The molecular formula is C7H11F4N3O2. The van der Waals surface area contributed by atoms with E-state index >= 15 is 0 Å². The Hall–Kier alpha value is -1.54. The van der Waals surface area contributed by atoms with Gasteiger partial charge in [-0.15, -0.1) is 0 Å². The molecule has 1 amide bonds. The number of oxime groups is 1. The predicted octanol–water partition coefficient (Wildman–Crippen LogP) is 0.385. The van der Waals surface area contributed by atoms with Crippen LogP contribution < -0.4 is 11.1 Å². The van der Waals surface area contributed by atoms with Crippen LogP contribution in [0.1, 0.15) is 6.92 Å². The first-order chi connectivity index (χ1) is 7.22. The van der Waals surface area contributed by atoms with Crippen molar-refractivity contribution in [2.75, 3.05) is 6.54 Å². The molecule has 0 saturated carbocycles. The molecule has 94 valence electrons. The molecule has 4 N–H and O–H groups in total. The fraction of sp³-hybridized carbons (Fsp3) is 0.714. The second-order valence-corrected chi connectivity index (χ2v) is 3.03. The summed E-state index contributed by atoms with van der Waals surface area (Å²) in [6.07, 6.45) is -3.87. The number of alkyl halides is 4. The molecule has 1 unspecified atom stereocenters. The second kappa shape index (κ2) is 5.52. The summed E-state index contributed by atoms with van der Waals surface area (Å²) in [7, 11) is 0. The molecule has 0 aromatic rings. The zero-order valence-corrected chi connectivity index (χ0v) is 8.25. The standard InChI is InChI=1S/C7H11F4N3O2/c1-3(4(12)14-16)5(15)13-2-7(10,11)6(8)9/h3,6,16H,2H2,1H3,(H2,12,14)(H,13,15). The summed E-state index contributed by atoms with van der Waals surface area (Å²) in [4.78, 5) is 11.1. The summed E-state index contributed by atoms with van der Waals surface area (Å²) in [5, 5.41) is 12.3. The minimum atomic E-state index is -4.31. The lowest BCUT2D eigenvalue weighted by molar-refractivity contribution is -0.137. The van der Waals surface area contributed by atoms with E-state index in [-0.39, 0.29) is 0 Å². The fourth-order valence-electron chi connectivity index (χ4n) is 0.656. The van der Waals surface area contributed by atoms with Crippen molar-refractivity contribution < 1.29 is 27.6 Å². The zero-order valence-electron chi connectivity index (χ0n) is 8.25. The van der Waals surface area contributed by atoms with Crippen LogP contribution in [0.3, 0.4) is 0 Å². The first kappa shape index (κ1) is 14.5. The van der Waals surface area contributed by atoms with Gasteiger partial charge in [-0.25, -0.2) is 8.78 Å². The summed E-state index contributed by atoms with van der Waals surface area (Å²) in [5.41, 5.74) is 5.02. The van der Waals surface area contributed by atoms with Gasteiger partial charge in [0.25, 0.3) is 0 Å². The molecule has 0 aromatic heterocycles. The number of carbonyl (C=O) groups excluding carboxylic acids is 1. The molecule has 0 saturated heterocycles. The van der Waals surface area contributed by atoms with Gasteiger partial charge in [-0.2, -0.15) is 8.78 Å². The molecule has 0 rings (SSSR count). The van der Waals surface area contributed by atoms with E-state index in [1.165, 1.54) is 6.92 Å². The molecule has 16 heavy (non-hydrogen) atoms. The van der Waals surface area contributed by atoms with Gasteiger partial charge in [0.15, 0.2) is 5.84 Å². The number of nitrogens with one attached hydrogen (secondary N) is 1. The van der Waals surface area contributed by atoms with Crippen molar-refractivity contribution in [1.29, 1.82) is 0 Å². The van der Waals surface area contributed by atoms with E-state index in [1.54, 1.807) is 5.32 Å². The van der Waals surface area contributed by atoms with Crippen molar-refractivity contribution in [3.8, 4) is 0 Å². The maximum absolute atomic E-state index is 12.4. The third-order valence-corrected chi connectivity index (χ3v) is 1.77. The lowest BCUT2D eigenvalue weighted by Gasteiger charge is -2.17. The molecule has 0 heterocycles. The largest absolute Gasteiger partial charge is 0.409 e. The van der Waals surface area contributed by atoms with Gasteiger partial charge in [0, 0.05) is 0 Å². The molecule has 0 fully saturated rings. The quantitative estimate of drug-likeness (QED) is 0.215. The SMILES string of the molecule is CC(C(=O)NCC(F)(F)C(F)F)C(N)=NO. The predicted molar refractivity (Wildman–Crippen MR) is 46.5 cm³/mol. The van der Waals surface area contributed by atoms with Crippen LogP contribution in [0, 0.1) is 5.92 Å². The third-order valence-electron chi connectivity index (χ3n) is 1.77. The van der Waals surface area contributed by atoms with Gasteiger partial charge in [-0.1, -0.05) is 5.16 Å². The van der Waals surface area contributed by atoms with Crippen LogP contribution in [0.5, 0.6) is 0 Å². The van der Waals surface area contributed by atoms with Gasteiger partial charge in [0.2, 0.25) is 5.91 Å². The number of hydrogen-bond donors (Lipinski definition) is 3. The molecule has 0 aliphatic carbocycles. The van der Waals surface area contributed by atoms with Crippen LogP contribution in [-0.4, -0.2) is 35.8 Å². The van der Waals surface area contributed by atoms with E-state index in [9.17, 15) is 22.4 Å². The maximum atomic E-state index is 12.4. The molecular weight excluding hydrogens is 234 g/mol. The Kier molecular flexibility index (Phi) is 4.99. The highest BCUT2D eigenvalue weighted by Gasteiger charge is 2.41. The van der Waals surface area contributed by atoms with Crippen molar-refractivity contribution in [2.24, 2.45) is 16.8 Å². The molecule has 0 aliphatic heterocycles. The van der Waals surface area contributed by atoms with Crippen LogP contribution in [0.4, 0.5) is 17.6 Å². The van der Waals surface area contributed by atoms with Gasteiger partial charge in [-0.05, 0) is 6.92 Å². The highest BCUT2D eigenvalue weighted by molar-refractivity contribution is 6.01. The molecule has 0 bridgehead atoms. The van der Waals surface area contributed by atoms with Gasteiger partial charge in [0.1, 0.15) is 0 Å². The monoisotopic (exact) mass is 245 g/mol. The average molecular weight is 245 g/mol. The number of amidine groups is 1. The zero-order chi connectivity index (χ0) is 12.9. The van der Waals surface area contributed by atoms with E-state index in [0.29, 0.717) is 0 Å². The summed E-state index contributed by atoms with van der Waals surface area (Å²) in [6, 6.07) is 0. The highest BCUT2D eigenvalue weighted by atomic mass is 19.3. The Morgan fingerprint density at radius 2 is 2.06 bits per heavy atom. The molecule has 0 spiro atoms. The van der Waals surface area contributed by atoms with Crippen molar-refractivity contribution in [1.82, 2.24) is 5.32 Å². The Morgan fingerprint density at radius 3 is 2.44 bits per heavy atom. The molecule has 0 radical (unpaired) electrons. The van der Waals surface area contributed by atoms with Crippen LogP contribution in [0.15, 0.2) is 5.16 Å². The van der Waals surface area contributed by atoms with Crippen molar-refractivity contribution in [3.05, 3.63) is 0 Å². The number of amides is 1. The number of nitrogens with zero attached hydrogens (tertiary/aromatic N) is 1. The summed E-state index contributed by atoms with van der Waals surface area (Å²) < 4.78 is 48.2.